The van der Waals surface area contributed by atoms with E-state index >= 15 is 0 Å². The van der Waals surface area contributed by atoms with Crippen molar-refractivity contribution in [3.63, 3.8) is 0 Å². The standard InChI is InChI=1S/C13H20N2O4S/c16-11-6-7-13(14-8-11)20(18,19)15-9-12(17)10-4-2-1-3-5-10/h6-8,10,12,15-17H,1-5,9H2. The van der Waals surface area contributed by atoms with Gasteiger partial charge in [-0.3, -0.25) is 0 Å². The molecule has 0 amide bonds. The van der Waals surface area contributed by atoms with Crippen LogP contribution >= 0.6 is 0 Å². The molecule has 1 saturated carbocycles. The van der Waals surface area contributed by atoms with E-state index in [2.05, 4.69) is 9.71 Å². The summed E-state index contributed by atoms with van der Waals surface area (Å²) in [5, 5.41) is 19.0. The zero-order chi connectivity index (χ0) is 14.6. The molecule has 7 heteroatoms. The number of aromatic nitrogens is 1. The van der Waals surface area contributed by atoms with Gasteiger partial charge in [-0.2, -0.15) is 0 Å². The van der Waals surface area contributed by atoms with Crippen molar-refractivity contribution in [3.8, 4) is 5.75 Å². The molecule has 0 spiro atoms. The lowest BCUT2D eigenvalue weighted by Crippen LogP contribution is -2.37. The monoisotopic (exact) mass is 300 g/mol. The molecule has 1 aliphatic rings. The number of pyridine rings is 1. The predicted octanol–water partition coefficient (Wildman–Crippen LogP) is 1.01. The molecule has 1 fully saturated rings. The molecule has 0 saturated heterocycles. The minimum absolute atomic E-state index is 0.00441. The van der Waals surface area contributed by atoms with E-state index in [1.165, 1.54) is 18.6 Å². The zero-order valence-corrected chi connectivity index (χ0v) is 12.0. The number of aliphatic hydroxyl groups excluding tert-OH is 1. The summed E-state index contributed by atoms with van der Waals surface area (Å²) in [5.41, 5.74) is 0. The number of rotatable bonds is 5. The fourth-order valence-electron chi connectivity index (χ4n) is 2.49. The van der Waals surface area contributed by atoms with E-state index in [-0.39, 0.29) is 23.2 Å². The molecule has 0 bridgehead atoms. The third-order valence-electron chi connectivity index (χ3n) is 3.67. The van der Waals surface area contributed by atoms with Gasteiger partial charge in [-0.1, -0.05) is 19.3 Å². The average Bonchev–Trinajstić information content (AvgIpc) is 2.46. The maximum Gasteiger partial charge on any atom is 0.258 e. The molecule has 1 aromatic heterocycles. The van der Waals surface area contributed by atoms with Gasteiger partial charge in [0.1, 0.15) is 5.75 Å². The summed E-state index contributed by atoms with van der Waals surface area (Å²) < 4.78 is 26.3. The van der Waals surface area contributed by atoms with Gasteiger partial charge in [-0.15, -0.1) is 0 Å². The first kappa shape index (κ1) is 15.2. The minimum Gasteiger partial charge on any atom is -0.506 e. The normalized spacial score (nSPS) is 18.9. The first-order chi connectivity index (χ1) is 9.49. The highest BCUT2D eigenvalue weighted by atomic mass is 32.2. The maximum absolute atomic E-state index is 12.0. The van der Waals surface area contributed by atoms with E-state index in [9.17, 15) is 13.5 Å². The first-order valence-corrected chi connectivity index (χ1v) is 8.30. The largest absolute Gasteiger partial charge is 0.506 e. The highest BCUT2D eigenvalue weighted by Crippen LogP contribution is 2.26. The van der Waals surface area contributed by atoms with Crippen molar-refractivity contribution in [1.82, 2.24) is 9.71 Å². The molecule has 20 heavy (non-hydrogen) atoms. The topological polar surface area (TPSA) is 99.5 Å². The van der Waals surface area contributed by atoms with Crippen LogP contribution in [-0.4, -0.2) is 36.3 Å². The van der Waals surface area contributed by atoms with Gasteiger partial charge < -0.3 is 10.2 Å². The van der Waals surface area contributed by atoms with Gasteiger partial charge in [0.2, 0.25) is 0 Å². The number of aromatic hydroxyl groups is 1. The lowest BCUT2D eigenvalue weighted by molar-refractivity contribution is 0.0888. The second-order valence-electron chi connectivity index (χ2n) is 5.17. The summed E-state index contributed by atoms with van der Waals surface area (Å²) >= 11 is 0. The molecule has 1 heterocycles. The summed E-state index contributed by atoms with van der Waals surface area (Å²) in [4.78, 5) is 3.66. The van der Waals surface area contributed by atoms with Crippen molar-refractivity contribution in [2.45, 2.75) is 43.2 Å². The summed E-state index contributed by atoms with van der Waals surface area (Å²) in [6, 6.07) is 2.49. The smallest absolute Gasteiger partial charge is 0.258 e. The van der Waals surface area contributed by atoms with Crippen molar-refractivity contribution in [1.29, 1.82) is 0 Å². The van der Waals surface area contributed by atoms with Crippen LogP contribution in [0.2, 0.25) is 0 Å². The predicted molar refractivity (Wildman–Crippen MR) is 73.7 cm³/mol. The summed E-state index contributed by atoms with van der Waals surface area (Å²) in [6.07, 6.45) is 5.67. The van der Waals surface area contributed by atoms with Crippen molar-refractivity contribution in [3.05, 3.63) is 18.3 Å². The maximum atomic E-state index is 12.0. The molecule has 1 aromatic rings. The van der Waals surface area contributed by atoms with Crippen LogP contribution in [0.5, 0.6) is 5.75 Å². The Morgan fingerprint density at radius 3 is 2.60 bits per heavy atom. The number of hydrogen-bond donors (Lipinski definition) is 3. The third-order valence-corrected chi connectivity index (χ3v) is 5.01. The average molecular weight is 300 g/mol. The van der Waals surface area contributed by atoms with Gasteiger partial charge in [-0.05, 0) is 30.9 Å². The Balaban J connectivity index is 1.93. The van der Waals surface area contributed by atoms with Gasteiger partial charge in [0, 0.05) is 6.54 Å². The van der Waals surface area contributed by atoms with Crippen LogP contribution < -0.4 is 4.72 Å². The van der Waals surface area contributed by atoms with Crippen LogP contribution in [0.3, 0.4) is 0 Å². The zero-order valence-electron chi connectivity index (χ0n) is 11.2. The molecule has 6 nitrogen and oxygen atoms in total. The molecule has 1 unspecified atom stereocenters. The Morgan fingerprint density at radius 1 is 1.30 bits per heavy atom. The van der Waals surface area contributed by atoms with Crippen molar-refractivity contribution < 1.29 is 18.6 Å². The third kappa shape index (κ3) is 3.91. The Kier molecular flexibility index (Phi) is 4.95. The Hall–Kier alpha value is -1.18. The molecule has 2 rings (SSSR count). The number of aliphatic hydroxyl groups is 1. The summed E-state index contributed by atoms with van der Waals surface area (Å²) in [5.74, 6) is 0.0745. The molecule has 1 atom stereocenters. The van der Waals surface area contributed by atoms with Crippen molar-refractivity contribution in [2.75, 3.05) is 6.54 Å². The summed E-state index contributed by atoms with van der Waals surface area (Å²) in [7, 11) is -3.74. The number of hydrogen-bond acceptors (Lipinski definition) is 5. The van der Waals surface area contributed by atoms with Crippen molar-refractivity contribution in [2.24, 2.45) is 5.92 Å². The van der Waals surface area contributed by atoms with Crippen LogP contribution in [0, 0.1) is 5.92 Å². The van der Waals surface area contributed by atoms with E-state index in [1.807, 2.05) is 0 Å². The number of nitrogens with zero attached hydrogens (tertiary/aromatic N) is 1. The molecule has 0 aromatic carbocycles. The number of nitrogens with one attached hydrogen (secondary N) is 1. The molecular formula is C13H20N2O4S. The van der Waals surface area contributed by atoms with Gasteiger partial charge in [0.05, 0.1) is 12.3 Å². The fourth-order valence-corrected chi connectivity index (χ4v) is 3.46. The minimum atomic E-state index is -3.74. The van der Waals surface area contributed by atoms with Gasteiger partial charge in [0.25, 0.3) is 10.0 Å². The Bertz CT molecular complexity index is 524. The van der Waals surface area contributed by atoms with Crippen molar-refractivity contribution >= 4 is 10.0 Å². The second-order valence-corrected chi connectivity index (χ2v) is 6.89. The van der Waals surface area contributed by atoms with E-state index in [4.69, 9.17) is 5.11 Å². The van der Waals surface area contributed by atoms with Crippen LogP contribution in [0.1, 0.15) is 32.1 Å². The second kappa shape index (κ2) is 6.51. The first-order valence-electron chi connectivity index (χ1n) is 6.82. The van der Waals surface area contributed by atoms with E-state index in [1.54, 1.807) is 0 Å². The summed E-state index contributed by atoms with van der Waals surface area (Å²) in [6.45, 7) is -0.00441. The molecule has 0 radical (unpaired) electrons. The Morgan fingerprint density at radius 2 is 2.00 bits per heavy atom. The fraction of sp³-hybridized carbons (Fsp3) is 0.615. The van der Waals surface area contributed by atoms with Crippen LogP contribution in [0.25, 0.3) is 0 Å². The van der Waals surface area contributed by atoms with Gasteiger partial charge in [-0.25, -0.2) is 18.1 Å². The molecular weight excluding hydrogens is 280 g/mol. The van der Waals surface area contributed by atoms with E-state index in [0.717, 1.165) is 31.9 Å². The number of sulfonamides is 1. The quantitative estimate of drug-likeness (QED) is 0.753. The van der Waals surface area contributed by atoms with Crippen LogP contribution in [0.15, 0.2) is 23.4 Å². The molecule has 0 aliphatic heterocycles. The lowest BCUT2D eigenvalue weighted by Gasteiger charge is -2.26. The Labute approximate surface area is 118 Å². The van der Waals surface area contributed by atoms with Crippen LogP contribution in [-0.2, 0) is 10.0 Å². The molecule has 112 valence electrons. The molecule has 1 aliphatic carbocycles. The van der Waals surface area contributed by atoms with Gasteiger partial charge in [0.15, 0.2) is 5.03 Å². The SMILES string of the molecule is O=S(=O)(NCC(O)C1CCCCC1)c1ccc(O)cn1. The van der Waals surface area contributed by atoms with Crippen LogP contribution in [0.4, 0.5) is 0 Å². The van der Waals surface area contributed by atoms with Gasteiger partial charge >= 0.3 is 0 Å². The van der Waals surface area contributed by atoms with E-state index in [0.29, 0.717) is 0 Å². The highest BCUT2D eigenvalue weighted by Gasteiger charge is 2.24. The molecule has 3 N–H and O–H groups in total. The lowest BCUT2D eigenvalue weighted by atomic mass is 9.85. The van der Waals surface area contributed by atoms with E-state index < -0.39 is 16.1 Å². The highest BCUT2D eigenvalue weighted by molar-refractivity contribution is 7.89.